The van der Waals surface area contributed by atoms with Gasteiger partial charge >= 0.3 is 6.01 Å². The second-order valence-corrected chi connectivity index (χ2v) is 7.94. The van der Waals surface area contributed by atoms with Crippen molar-refractivity contribution in [1.29, 1.82) is 0 Å². The Morgan fingerprint density at radius 1 is 1.18 bits per heavy atom. The number of hydrogen-bond donors (Lipinski definition) is 2. The van der Waals surface area contributed by atoms with Crippen molar-refractivity contribution in [3.63, 3.8) is 0 Å². The minimum absolute atomic E-state index is 0.0719. The Morgan fingerprint density at radius 3 is 2.74 bits per heavy atom. The average molecular weight is 465 g/mol. The third-order valence-electron chi connectivity index (χ3n) is 5.70. The summed E-state index contributed by atoms with van der Waals surface area (Å²) >= 11 is 0. The van der Waals surface area contributed by atoms with Crippen LogP contribution < -0.4 is 20.7 Å². The number of carbonyl (C=O) groups is 1. The molecule has 1 aliphatic rings. The van der Waals surface area contributed by atoms with Gasteiger partial charge in [0.25, 0.3) is 5.91 Å². The molecule has 0 radical (unpaired) electrons. The van der Waals surface area contributed by atoms with Crippen molar-refractivity contribution in [2.75, 3.05) is 30.9 Å². The van der Waals surface area contributed by atoms with E-state index in [9.17, 15) is 13.6 Å². The standard InChI is InChI=1S/C23H21F2N7O2/c1-31-7-6-16-19(31)21(27-11-12-4-3-5-13(24)8-12)30-22(28-16)32-17-10-14(25)9-15(20(26)33)18(17)29-23(32)34-2/h3-5,8-10H,6-7,11H2,1-2H3,(H2,26,33)(H,27,28,30). The molecule has 2 aromatic carbocycles. The molecule has 3 heterocycles. The molecule has 4 aromatic rings. The van der Waals surface area contributed by atoms with Crippen molar-refractivity contribution in [3.05, 3.63) is 64.9 Å². The summed E-state index contributed by atoms with van der Waals surface area (Å²) in [5.41, 5.74) is 8.14. The molecule has 0 atom stereocenters. The first kappa shape index (κ1) is 21.6. The molecule has 3 N–H and O–H groups in total. The number of halogens is 2. The number of methoxy groups -OCH3 is 1. The molecule has 9 nitrogen and oxygen atoms in total. The lowest BCUT2D eigenvalue weighted by atomic mass is 10.1. The molecule has 174 valence electrons. The van der Waals surface area contributed by atoms with Crippen LogP contribution in [-0.4, -0.2) is 46.1 Å². The lowest BCUT2D eigenvalue weighted by Crippen LogP contribution is -2.16. The van der Waals surface area contributed by atoms with Crippen LogP contribution in [0.2, 0.25) is 0 Å². The summed E-state index contributed by atoms with van der Waals surface area (Å²) in [5.74, 6) is -1.08. The number of carbonyl (C=O) groups excluding carboxylic acids is 1. The van der Waals surface area contributed by atoms with E-state index < -0.39 is 11.7 Å². The molecule has 0 unspecified atom stereocenters. The third-order valence-corrected chi connectivity index (χ3v) is 5.70. The Morgan fingerprint density at radius 2 is 2.00 bits per heavy atom. The van der Waals surface area contributed by atoms with E-state index in [0.717, 1.165) is 29.6 Å². The van der Waals surface area contributed by atoms with Crippen LogP contribution in [0.3, 0.4) is 0 Å². The number of rotatable bonds is 6. The number of likely N-dealkylation sites (N-methyl/N-ethyl adjacent to an activating group) is 1. The van der Waals surface area contributed by atoms with Gasteiger partial charge in [0.1, 0.15) is 22.8 Å². The molecular weight excluding hydrogens is 444 g/mol. The van der Waals surface area contributed by atoms with Gasteiger partial charge < -0.3 is 20.7 Å². The number of benzene rings is 2. The average Bonchev–Trinajstić information content (AvgIpc) is 3.37. The molecule has 0 bridgehead atoms. The molecule has 0 fully saturated rings. The SMILES string of the molecule is COc1nc2c(C(N)=O)cc(F)cc2n1-c1nc2c(c(NCc3cccc(F)c3)n1)N(C)CC2. The van der Waals surface area contributed by atoms with Gasteiger partial charge in [-0.3, -0.25) is 4.79 Å². The summed E-state index contributed by atoms with van der Waals surface area (Å²) in [6.45, 7) is 1.07. The molecule has 0 saturated carbocycles. The fraction of sp³-hybridized carbons (Fsp3) is 0.217. The number of nitrogens with one attached hydrogen (secondary N) is 1. The van der Waals surface area contributed by atoms with Crippen molar-refractivity contribution in [3.8, 4) is 12.0 Å². The van der Waals surface area contributed by atoms with Gasteiger partial charge in [0.15, 0.2) is 5.82 Å². The van der Waals surface area contributed by atoms with E-state index in [-0.39, 0.29) is 34.4 Å². The minimum atomic E-state index is -0.814. The number of ether oxygens (including phenoxy) is 1. The van der Waals surface area contributed by atoms with Crippen molar-refractivity contribution in [1.82, 2.24) is 19.5 Å². The maximum absolute atomic E-state index is 14.4. The first-order valence-electron chi connectivity index (χ1n) is 10.5. The van der Waals surface area contributed by atoms with Crippen molar-refractivity contribution < 1.29 is 18.3 Å². The Kier molecular flexibility index (Phi) is 5.23. The summed E-state index contributed by atoms with van der Waals surface area (Å²) in [5, 5.41) is 3.27. The highest BCUT2D eigenvalue weighted by Crippen LogP contribution is 2.35. The van der Waals surface area contributed by atoms with Crippen LogP contribution in [0.4, 0.5) is 20.3 Å². The highest BCUT2D eigenvalue weighted by Gasteiger charge is 2.27. The number of aromatic nitrogens is 4. The first-order chi connectivity index (χ1) is 16.4. The number of imidazole rings is 1. The molecule has 5 rings (SSSR count). The fourth-order valence-corrected chi connectivity index (χ4v) is 4.14. The number of nitrogens with two attached hydrogens (primary N) is 1. The van der Waals surface area contributed by atoms with Crippen LogP contribution in [0.5, 0.6) is 6.01 Å². The van der Waals surface area contributed by atoms with Crippen LogP contribution in [0, 0.1) is 11.6 Å². The maximum Gasteiger partial charge on any atom is 0.304 e. The summed E-state index contributed by atoms with van der Waals surface area (Å²) < 4.78 is 34.9. The van der Waals surface area contributed by atoms with Crippen LogP contribution in [-0.2, 0) is 13.0 Å². The van der Waals surface area contributed by atoms with Gasteiger partial charge in [-0.2, -0.15) is 9.97 Å². The Hall–Kier alpha value is -4.28. The van der Waals surface area contributed by atoms with Gasteiger partial charge in [0, 0.05) is 32.6 Å². The number of hydrogen-bond acceptors (Lipinski definition) is 7. The number of primary amides is 1. The molecular formula is C23H21F2N7O2. The topological polar surface area (TPSA) is 111 Å². The Bertz CT molecular complexity index is 1440. The minimum Gasteiger partial charge on any atom is -0.468 e. The largest absolute Gasteiger partial charge is 0.468 e. The van der Waals surface area contributed by atoms with Crippen LogP contribution in [0.25, 0.3) is 17.0 Å². The summed E-state index contributed by atoms with van der Waals surface area (Å²) in [6, 6.07) is 8.61. The molecule has 0 saturated heterocycles. The normalized spacial score (nSPS) is 12.8. The zero-order valence-electron chi connectivity index (χ0n) is 18.5. The smallest absolute Gasteiger partial charge is 0.304 e. The zero-order chi connectivity index (χ0) is 24.0. The number of amides is 1. The Balaban J connectivity index is 1.66. The van der Waals surface area contributed by atoms with E-state index in [1.54, 1.807) is 6.07 Å². The van der Waals surface area contributed by atoms with Crippen molar-refractivity contribution in [2.45, 2.75) is 13.0 Å². The molecule has 0 spiro atoms. The molecule has 0 aliphatic carbocycles. The van der Waals surface area contributed by atoms with Gasteiger partial charge in [-0.25, -0.2) is 18.3 Å². The van der Waals surface area contributed by atoms with Gasteiger partial charge in [0.2, 0.25) is 5.95 Å². The summed E-state index contributed by atoms with van der Waals surface area (Å²) in [6.07, 6.45) is 0.672. The quantitative estimate of drug-likeness (QED) is 0.450. The van der Waals surface area contributed by atoms with Crippen molar-refractivity contribution in [2.24, 2.45) is 5.73 Å². The third kappa shape index (κ3) is 3.64. The fourth-order valence-electron chi connectivity index (χ4n) is 4.14. The molecule has 1 amide bonds. The second kappa shape index (κ2) is 8.25. The number of fused-ring (bicyclic) bond motifs is 2. The lowest BCUT2D eigenvalue weighted by Gasteiger charge is -2.18. The lowest BCUT2D eigenvalue weighted by molar-refractivity contribution is 0.100. The van der Waals surface area contributed by atoms with Crippen LogP contribution in [0.1, 0.15) is 21.6 Å². The van der Waals surface area contributed by atoms with E-state index >= 15 is 0 Å². The molecule has 11 heteroatoms. The van der Waals surface area contributed by atoms with E-state index in [2.05, 4.69) is 15.3 Å². The van der Waals surface area contributed by atoms with Gasteiger partial charge in [-0.1, -0.05) is 12.1 Å². The highest BCUT2D eigenvalue weighted by molar-refractivity contribution is 6.04. The van der Waals surface area contributed by atoms with E-state index in [1.807, 2.05) is 18.0 Å². The summed E-state index contributed by atoms with van der Waals surface area (Å²) in [4.78, 5) is 27.6. The van der Waals surface area contributed by atoms with E-state index in [0.29, 0.717) is 18.8 Å². The van der Waals surface area contributed by atoms with Crippen LogP contribution in [0.15, 0.2) is 36.4 Å². The van der Waals surface area contributed by atoms with Gasteiger partial charge in [-0.05, 0) is 23.8 Å². The van der Waals surface area contributed by atoms with Crippen LogP contribution >= 0.6 is 0 Å². The monoisotopic (exact) mass is 465 g/mol. The van der Waals surface area contributed by atoms with Gasteiger partial charge in [0.05, 0.1) is 23.9 Å². The second-order valence-electron chi connectivity index (χ2n) is 7.94. The highest BCUT2D eigenvalue weighted by atomic mass is 19.1. The summed E-state index contributed by atoms with van der Waals surface area (Å²) in [7, 11) is 3.34. The molecule has 2 aromatic heterocycles. The first-order valence-corrected chi connectivity index (χ1v) is 10.5. The number of anilines is 2. The zero-order valence-corrected chi connectivity index (χ0v) is 18.5. The Labute approximate surface area is 193 Å². The molecule has 34 heavy (non-hydrogen) atoms. The van der Waals surface area contributed by atoms with Crippen molar-refractivity contribution >= 4 is 28.4 Å². The predicted octanol–water partition coefficient (Wildman–Crippen LogP) is 2.81. The molecule has 1 aliphatic heterocycles. The van der Waals surface area contributed by atoms with Gasteiger partial charge in [-0.15, -0.1) is 0 Å². The van der Waals surface area contributed by atoms with E-state index in [4.69, 9.17) is 15.5 Å². The van der Waals surface area contributed by atoms with E-state index in [1.165, 1.54) is 29.9 Å². The maximum atomic E-state index is 14.4. The number of nitrogens with zero attached hydrogens (tertiary/aromatic N) is 5. The predicted molar refractivity (Wildman–Crippen MR) is 122 cm³/mol.